The Bertz CT molecular complexity index is 740. The van der Waals surface area contributed by atoms with Gasteiger partial charge in [0.15, 0.2) is 0 Å². The third-order valence-electron chi connectivity index (χ3n) is 4.88. The van der Waals surface area contributed by atoms with Gasteiger partial charge in [0.1, 0.15) is 11.4 Å². The number of para-hydroxylation sites is 1. The highest BCUT2D eigenvalue weighted by atomic mass is 35.5. The molecule has 1 aliphatic heterocycles. The minimum atomic E-state index is -0.235. The first-order valence-corrected chi connectivity index (χ1v) is 8.79. The predicted octanol–water partition coefficient (Wildman–Crippen LogP) is 5.15. The van der Waals surface area contributed by atoms with Crippen LogP contribution in [0.3, 0.4) is 0 Å². The first-order valence-electron chi connectivity index (χ1n) is 8.41. The van der Waals surface area contributed by atoms with E-state index >= 15 is 0 Å². The lowest BCUT2D eigenvalue weighted by molar-refractivity contribution is 0.0227. The lowest BCUT2D eigenvalue weighted by Crippen LogP contribution is -2.44. The second-order valence-electron chi connectivity index (χ2n) is 6.27. The second-order valence-corrected chi connectivity index (χ2v) is 6.71. The molecule has 2 aromatic carbocycles. The van der Waals surface area contributed by atoms with E-state index in [4.69, 9.17) is 16.3 Å². The van der Waals surface area contributed by atoms with Crippen molar-refractivity contribution >= 4 is 17.5 Å². The third-order valence-corrected chi connectivity index (χ3v) is 5.11. The molecule has 1 atom stereocenters. The van der Waals surface area contributed by atoms with Crippen molar-refractivity contribution in [2.75, 3.05) is 0 Å². The number of hydrogen-bond donors (Lipinski definition) is 1. The fourth-order valence-electron chi connectivity index (χ4n) is 3.30. The highest BCUT2D eigenvalue weighted by Gasteiger charge is 2.38. The van der Waals surface area contributed by atoms with Crippen LogP contribution in [-0.4, -0.2) is 11.5 Å². The Morgan fingerprint density at radius 1 is 1.21 bits per heavy atom. The van der Waals surface area contributed by atoms with E-state index in [9.17, 15) is 4.79 Å². The molecule has 0 aliphatic carbocycles. The maximum Gasteiger partial charge on any atom is 0.251 e. The summed E-state index contributed by atoms with van der Waals surface area (Å²) in [5.74, 6) is 0.754. The van der Waals surface area contributed by atoms with Crippen LogP contribution >= 0.6 is 11.6 Å². The molecule has 0 spiro atoms. The molecule has 0 radical (unpaired) electrons. The molecule has 24 heavy (non-hydrogen) atoms. The highest BCUT2D eigenvalue weighted by Crippen LogP contribution is 2.42. The zero-order valence-electron chi connectivity index (χ0n) is 14.0. The number of halogens is 1. The molecular formula is C20H22ClNO2. The van der Waals surface area contributed by atoms with Gasteiger partial charge in [0.05, 0.1) is 6.04 Å². The predicted molar refractivity (Wildman–Crippen MR) is 96.7 cm³/mol. The molecule has 0 saturated carbocycles. The van der Waals surface area contributed by atoms with Gasteiger partial charge in [-0.2, -0.15) is 0 Å². The maximum absolute atomic E-state index is 12.7. The van der Waals surface area contributed by atoms with Crippen molar-refractivity contribution in [2.45, 2.75) is 44.8 Å². The van der Waals surface area contributed by atoms with Gasteiger partial charge >= 0.3 is 0 Å². The minimum Gasteiger partial charge on any atom is -0.487 e. The summed E-state index contributed by atoms with van der Waals surface area (Å²) in [5.41, 5.74) is 1.37. The Morgan fingerprint density at radius 3 is 2.67 bits per heavy atom. The first kappa shape index (κ1) is 16.8. The topological polar surface area (TPSA) is 38.3 Å². The fourth-order valence-corrected chi connectivity index (χ4v) is 3.49. The van der Waals surface area contributed by atoms with Crippen LogP contribution in [0.1, 0.15) is 55.1 Å². The molecule has 4 heteroatoms. The normalized spacial score (nSPS) is 18.4. The molecule has 0 bridgehead atoms. The van der Waals surface area contributed by atoms with Crippen molar-refractivity contribution < 1.29 is 9.53 Å². The molecule has 1 amide bonds. The zero-order chi connectivity index (χ0) is 17.2. The van der Waals surface area contributed by atoms with Crippen molar-refractivity contribution in [1.82, 2.24) is 5.32 Å². The van der Waals surface area contributed by atoms with Gasteiger partial charge in [-0.25, -0.2) is 0 Å². The Balaban J connectivity index is 1.90. The van der Waals surface area contributed by atoms with E-state index in [0.717, 1.165) is 30.6 Å². The van der Waals surface area contributed by atoms with Crippen molar-refractivity contribution in [3.05, 3.63) is 64.7 Å². The number of benzene rings is 2. The van der Waals surface area contributed by atoms with Gasteiger partial charge in [-0.15, -0.1) is 0 Å². The Morgan fingerprint density at radius 2 is 1.96 bits per heavy atom. The van der Waals surface area contributed by atoms with Crippen molar-refractivity contribution in [1.29, 1.82) is 0 Å². The number of fused-ring (bicyclic) bond motifs is 1. The summed E-state index contributed by atoms with van der Waals surface area (Å²) < 4.78 is 6.28. The quantitative estimate of drug-likeness (QED) is 0.833. The fraction of sp³-hybridized carbons (Fsp3) is 0.350. The average Bonchev–Trinajstić information content (AvgIpc) is 2.61. The van der Waals surface area contributed by atoms with Crippen LogP contribution in [-0.2, 0) is 0 Å². The summed E-state index contributed by atoms with van der Waals surface area (Å²) in [7, 11) is 0. The Labute approximate surface area is 148 Å². The van der Waals surface area contributed by atoms with E-state index in [1.165, 1.54) is 0 Å². The van der Waals surface area contributed by atoms with Gasteiger partial charge in [-0.1, -0.05) is 49.7 Å². The molecule has 126 valence electrons. The molecule has 0 fully saturated rings. The highest BCUT2D eigenvalue weighted by molar-refractivity contribution is 6.30. The molecular weight excluding hydrogens is 322 g/mol. The maximum atomic E-state index is 12.7. The number of ether oxygens (including phenoxy) is 1. The van der Waals surface area contributed by atoms with E-state index in [0.29, 0.717) is 10.6 Å². The zero-order valence-corrected chi connectivity index (χ0v) is 14.8. The average molecular weight is 344 g/mol. The van der Waals surface area contributed by atoms with Crippen LogP contribution < -0.4 is 10.1 Å². The van der Waals surface area contributed by atoms with Crippen LogP contribution in [0.25, 0.3) is 0 Å². The van der Waals surface area contributed by atoms with Crippen LogP contribution in [0.2, 0.25) is 5.02 Å². The van der Waals surface area contributed by atoms with Gasteiger partial charge in [0, 0.05) is 22.6 Å². The summed E-state index contributed by atoms with van der Waals surface area (Å²) in [5, 5.41) is 3.73. The van der Waals surface area contributed by atoms with Crippen molar-refractivity contribution in [3.8, 4) is 5.75 Å². The summed E-state index contributed by atoms with van der Waals surface area (Å²) in [6.45, 7) is 4.26. The van der Waals surface area contributed by atoms with Gasteiger partial charge in [-0.3, -0.25) is 4.79 Å². The number of rotatable bonds is 4. The number of nitrogens with one attached hydrogen (secondary N) is 1. The Hall–Kier alpha value is -2.00. The first-order chi connectivity index (χ1) is 11.6. The van der Waals surface area contributed by atoms with Gasteiger partial charge < -0.3 is 10.1 Å². The van der Waals surface area contributed by atoms with E-state index in [1.54, 1.807) is 24.3 Å². The Kier molecular flexibility index (Phi) is 4.81. The molecule has 0 saturated heterocycles. The number of amides is 1. The molecule has 2 aromatic rings. The summed E-state index contributed by atoms with van der Waals surface area (Å²) >= 11 is 6.00. The summed E-state index contributed by atoms with van der Waals surface area (Å²) in [6, 6.07) is 14.9. The van der Waals surface area contributed by atoms with Crippen molar-refractivity contribution in [2.24, 2.45) is 0 Å². The van der Waals surface area contributed by atoms with Crippen molar-refractivity contribution in [3.63, 3.8) is 0 Å². The monoisotopic (exact) mass is 343 g/mol. The van der Waals surface area contributed by atoms with Crippen LogP contribution in [0, 0.1) is 0 Å². The third kappa shape index (κ3) is 3.27. The van der Waals surface area contributed by atoms with Gasteiger partial charge in [-0.05, 0) is 37.1 Å². The molecule has 3 nitrogen and oxygen atoms in total. The molecule has 0 aromatic heterocycles. The lowest BCUT2D eigenvalue weighted by atomic mass is 9.83. The molecule has 1 aliphatic rings. The van der Waals surface area contributed by atoms with E-state index < -0.39 is 0 Å². The lowest BCUT2D eigenvalue weighted by Gasteiger charge is -2.41. The van der Waals surface area contributed by atoms with Gasteiger partial charge in [0.2, 0.25) is 0 Å². The van der Waals surface area contributed by atoms with E-state index in [-0.39, 0.29) is 17.6 Å². The number of carbonyl (C=O) groups excluding carboxylic acids is 1. The number of hydrogen-bond acceptors (Lipinski definition) is 2. The number of carbonyl (C=O) groups is 1. The molecule has 1 N–H and O–H groups in total. The minimum absolute atomic E-state index is 0.0682. The smallest absolute Gasteiger partial charge is 0.251 e. The molecule has 1 heterocycles. The molecule has 3 rings (SSSR count). The summed E-state index contributed by atoms with van der Waals surface area (Å²) in [6.07, 6.45) is 2.58. The van der Waals surface area contributed by atoms with E-state index in [1.807, 2.05) is 24.3 Å². The second kappa shape index (κ2) is 6.86. The van der Waals surface area contributed by atoms with Gasteiger partial charge in [0.25, 0.3) is 5.91 Å². The standard InChI is InChI=1S/C20H22ClNO2/c1-3-20(4-2)13-17(16-10-5-6-11-18(16)24-20)22-19(23)14-8-7-9-15(21)12-14/h5-12,17H,3-4,13H2,1-2H3,(H,22,23)/t17-/m0/s1. The molecule has 0 unspecified atom stereocenters. The SMILES string of the molecule is CCC1(CC)C[C@H](NC(=O)c2cccc(Cl)c2)c2ccccc2O1. The van der Waals surface area contributed by atoms with Crippen LogP contribution in [0.4, 0.5) is 0 Å². The summed E-state index contributed by atoms with van der Waals surface area (Å²) in [4.78, 5) is 12.7. The van der Waals surface area contributed by atoms with Crippen LogP contribution in [0.15, 0.2) is 48.5 Å². The largest absolute Gasteiger partial charge is 0.487 e. The van der Waals surface area contributed by atoms with Crippen LogP contribution in [0.5, 0.6) is 5.75 Å². The van der Waals surface area contributed by atoms with E-state index in [2.05, 4.69) is 19.2 Å².